The summed E-state index contributed by atoms with van der Waals surface area (Å²) < 4.78 is 6.95. The molecule has 7 heteroatoms. The molecule has 0 saturated heterocycles. The molecule has 2 aromatic carbocycles. The summed E-state index contributed by atoms with van der Waals surface area (Å²) >= 11 is 1.24. The first kappa shape index (κ1) is 22.9. The number of fused-ring (bicyclic) bond motifs is 1. The highest BCUT2D eigenvalue weighted by Crippen LogP contribution is 2.24. The summed E-state index contributed by atoms with van der Waals surface area (Å²) in [7, 11) is 0. The van der Waals surface area contributed by atoms with Crippen LogP contribution in [0.25, 0.3) is 16.6 Å². The van der Waals surface area contributed by atoms with Gasteiger partial charge < -0.3 is 9.73 Å². The number of benzene rings is 2. The number of nitrogens with zero attached hydrogens (tertiary/aromatic N) is 2. The largest absolute Gasteiger partial charge is 0.467 e. The molecular weight excluding hydrogens is 434 g/mol. The zero-order valence-corrected chi connectivity index (χ0v) is 19.8. The second-order valence-electron chi connectivity index (χ2n) is 8.05. The Morgan fingerprint density at radius 3 is 2.55 bits per heavy atom. The van der Waals surface area contributed by atoms with Crippen LogP contribution in [0.3, 0.4) is 0 Å². The topological polar surface area (TPSA) is 77.1 Å². The van der Waals surface area contributed by atoms with E-state index in [1.54, 1.807) is 23.0 Å². The molecule has 2 atom stereocenters. The standard InChI is InChI=1S/C26H27N3O3S/c1-4-17(2)19-11-13-20(14-12-19)29-25(31)21-8-5-6-9-22(21)28-26(29)33-16-24(30)27-18(3)23-10-7-15-32-23/h5-15,17-18H,4,16H2,1-3H3,(H,27,30). The number of nitrogens with one attached hydrogen (secondary N) is 1. The van der Waals surface area contributed by atoms with Gasteiger partial charge in [0.15, 0.2) is 5.16 Å². The maximum absolute atomic E-state index is 13.4. The third kappa shape index (κ3) is 5.03. The monoisotopic (exact) mass is 461 g/mol. The molecule has 2 heterocycles. The Labute approximate surface area is 197 Å². The third-order valence-corrected chi connectivity index (χ3v) is 6.70. The molecule has 2 aromatic heterocycles. The highest BCUT2D eigenvalue weighted by Gasteiger charge is 2.17. The summed E-state index contributed by atoms with van der Waals surface area (Å²) in [5, 5.41) is 3.95. The third-order valence-electron chi connectivity index (χ3n) is 5.76. The first-order valence-corrected chi connectivity index (χ1v) is 12.0. The van der Waals surface area contributed by atoms with E-state index in [4.69, 9.17) is 9.40 Å². The lowest BCUT2D eigenvalue weighted by atomic mass is 9.98. The lowest BCUT2D eigenvalue weighted by Crippen LogP contribution is -2.28. The average molecular weight is 462 g/mol. The van der Waals surface area contributed by atoms with Gasteiger partial charge >= 0.3 is 0 Å². The Bertz CT molecular complexity index is 1300. The van der Waals surface area contributed by atoms with Gasteiger partial charge in [0, 0.05) is 0 Å². The van der Waals surface area contributed by atoms with E-state index in [-0.39, 0.29) is 23.3 Å². The van der Waals surface area contributed by atoms with Gasteiger partial charge in [-0.15, -0.1) is 0 Å². The predicted molar refractivity (Wildman–Crippen MR) is 132 cm³/mol. The van der Waals surface area contributed by atoms with Crippen molar-refractivity contribution in [3.05, 3.63) is 88.6 Å². The minimum Gasteiger partial charge on any atom is -0.467 e. The summed E-state index contributed by atoms with van der Waals surface area (Å²) in [5.41, 5.74) is 2.42. The van der Waals surface area contributed by atoms with Crippen molar-refractivity contribution in [1.29, 1.82) is 0 Å². The van der Waals surface area contributed by atoms with Gasteiger partial charge in [-0.2, -0.15) is 0 Å². The Morgan fingerprint density at radius 2 is 1.85 bits per heavy atom. The van der Waals surface area contributed by atoms with Crippen LogP contribution in [0.4, 0.5) is 0 Å². The minimum absolute atomic E-state index is 0.126. The molecule has 1 N–H and O–H groups in total. The lowest BCUT2D eigenvalue weighted by molar-refractivity contribution is -0.119. The van der Waals surface area contributed by atoms with Gasteiger partial charge in [0.25, 0.3) is 5.56 Å². The SMILES string of the molecule is CCC(C)c1ccc(-n2c(SCC(=O)NC(C)c3ccco3)nc3ccccc3c2=O)cc1. The summed E-state index contributed by atoms with van der Waals surface area (Å²) in [6.07, 6.45) is 2.63. The molecule has 6 nitrogen and oxygen atoms in total. The first-order chi connectivity index (χ1) is 16.0. The quantitative estimate of drug-likeness (QED) is 0.278. The average Bonchev–Trinajstić information content (AvgIpc) is 3.38. The number of carbonyl (C=O) groups is 1. The Morgan fingerprint density at radius 1 is 1.09 bits per heavy atom. The predicted octanol–water partition coefficient (Wildman–Crippen LogP) is 5.46. The van der Waals surface area contributed by atoms with E-state index in [9.17, 15) is 9.59 Å². The number of aromatic nitrogens is 2. The van der Waals surface area contributed by atoms with Crippen LogP contribution in [-0.2, 0) is 4.79 Å². The Balaban J connectivity index is 1.64. The normalized spacial score (nSPS) is 13.1. The number of hydrogen-bond donors (Lipinski definition) is 1. The van der Waals surface area contributed by atoms with Gasteiger partial charge in [-0.05, 0) is 61.2 Å². The summed E-state index contributed by atoms with van der Waals surface area (Å²) in [4.78, 5) is 30.7. The highest BCUT2D eigenvalue weighted by atomic mass is 32.2. The molecule has 0 aliphatic carbocycles. The Hall–Kier alpha value is -3.32. The molecule has 4 aromatic rings. The van der Waals surface area contributed by atoms with Crippen LogP contribution in [0.2, 0.25) is 0 Å². The fourth-order valence-corrected chi connectivity index (χ4v) is 4.47. The molecule has 0 saturated carbocycles. The van der Waals surface area contributed by atoms with Gasteiger partial charge in [0.05, 0.1) is 34.6 Å². The van der Waals surface area contributed by atoms with Crippen molar-refractivity contribution in [3.63, 3.8) is 0 Å². The van der Waals surface area contributed by atoms with Gasteiger partial charge in [0.2, 0.25) is 5.91 Å². The van der Waals surface area contributed by atoms with E-state index in [2.05, 4.69) is 31.3 Å². The van der Waals surface area contributed by atoms with Crippen molar-refractivity contribution in [2.75, 3.05) is 5.75 Å². The second-order valence-corrected chi connectivity index (χ2v) is 8.99. The van der Waals surface area contributed by atoms with E-state index in [0.717, 1.165) is 12.1 Å². The van der Waals surface area contributed by atoms with Gasteiger partial charge in [0.1, 0.15) is 5.76 Å². The van der Waals surface area contributed by atoms with Crippen LogP contribution < -0.4 is 10.9 Å². The summed E-state index contributed by atoms with van der Waals surface area (Å²) in [6.45, 7) is 6.20. The summed E-state index contributed by atoms with van der Waals surface area (Å²) in [5.74, 6) is 1.10. The number of para-hydroxylation sites is 1. The summed E-state index contributed by atoms with van der Waals surface area (Å²) in [6, 6.07) is 18.6. The lowest BCUT2D eigenvalue weighted by Gasteiger charge is -2.15. The first-order valence-electron chi connectivity index (χ1n) is 11.1. The van der Waals surface area contributed by atoms with Crippen LogP contribution in [0.1, 0.15) is 50.5 Å². The highest BCUT2D eigenvalue weighted by molar-refractivity contribution is 7.99. The molecule has 2 unspecified atom stereocenters. The molecule has 33 heavy (non-hydrogen) atoms. The zero-order chi connectivity index (χ0) is 23.4. The maximum atomic E-state index is 13.4. The molecular formula is C26H27N3O3S. The zero-order valence-electron chi connectivity index (χ0n) is 18.9. The molecule has 0 bridgehead atoms. The molecule has 4 rings (SSSR count). The van der Waals surface area contributed by atoms with Crippen molar-refractivity contribution >= 4 is 28.6 Å². The molecule has 0 aliphatic heterocycles. The number of carbonyl (C=O) groups excluding carboxylic acids is 1. The number of hydrogen-bond acceptors (Lipinski definition) is 5. The van der Waals surface area contributed by atoms with Gasteiger partial charge in [-0.1, -0.05) is 49.9 Å². The molecule has 170 valence electrons. The van der Waals surface area contributed by atoms with Crippen molar-refractivity contribution < 1.29 is 9.21 Å². The van der Waals surface area contributed by atoms with Gasteiger partial charge in [-0.3, -0.25) is 14.2 Å². The van der Waals surface area contributed by atoms with Crippen molar-refractivity contribution in [2.24, 2.45) is 0 Å². The number of rotatable bonds is 8. The molecule has 1 amide bonds. The van der Waals surface area contributed by atoms with Gasteiger partial charge in [-0.25, -0.2) is 4.98 Å². The van der Waals surface area contributed by atoms with Crippen molar-refractivity contribution in [1.82, 2.24) is 14.9 Å². The second kappa shape index (κ2) is 10.1. The minimum atomic E-state index is -0.243. The fourth-order valence-electron chi connectivity index (χ4n) is 3.65. The van der Waals surface area contributed by atoms with E-state index < -0.39 is 0 Å². The van der Waals surface area contributed by atoms with E-state index in [1.807, 2.05) is 43.3 Å². The molecule has 0 radical (unpaired) electrons. The van der Waals surface area contributed by atoms with Crippen molar-refractivity contribution in [3.8, 4) is 5.69 Å². The van der Waals surface area contributed by atoms with Crippen LogP contribution in [0, 0.1) is 0 Å². The van der Waals surface area contributed by atoms with Crippen LogP contribution in [-0.4, -0.2) is 21.2 Å². The Kier molecular flexibility index (Phi) is 6.99. The van der Waals surface area contributed by atoms with E-state index >= 15 is 0 Å². The van der Waals surface area contributed by atoms with Crippen LogP contribution in [0.5, 0.6) is 0 Å². The number of amides is 1. The molecule has 0 fully saturated rings. The van der Waals surface area contributed by atoms with Crippen LogP contribution in [0.15, 0.2) is 81.3 Å². The van der Waals surface area contributed by atoms with Crippen LogP contribution >= 0.6 is 11.8 Å². The number of thioether (sulfide) groups is 1. The molecule has 0 aliphatic rings. The van der Waals surface area contributed by atoms with E-state index in [0.29, 0.717) is 27.7 Å². The molecule has 0 spiro atoms. The maximum Gasteiger partial charge on any atom is 0.266 e. The van der Waals surface area contributed by atoms with E-state index in [1.165, 1.54) is 17.3 Å². The number of furan rings is 1. The van der Waals surface area contributed by atoms with Crippen molar-refractivity contribution in [2.45, 2.75) is 44.3 Å². The smallest absolute Gasteiger partial charge is 0.266 e. The fraction of sp³-hybridized carbons (Fsp3) is 0.269.